The van der Waals surface area contributed by atoms with Crippen molar-refractivity contribution < 1.29 is 12.6 Å². The molecule has 0 unspecified atom stereocenters. The van der Waals surface area contributed by atoms with E-state index in [1.54, 1.807) is 24.3 Å². The van der Waals surface area contributed by atoms with Gasteiger partial charge in [0.05, 0.1) is 16.3 Å². The van der Waals surface area contributed by atoms with Gasteiger partial charge in [0, 0.05) is 6.20 Å². The van der Waals surface area contributed by atoms with E-state index in [0.717, 1.165) is 29.0 Å². The lowest BCUT2D eigenvalue weighted by Crippen LogP contribution is -2.08. The lowest BCUT2D eigenvalue weighted by atomic mass is 10.2. The molecule has 0 aliphatic heterocycles. The van der Waals surface area contributed by atoms with Crippen molar-refractivity contribution in [2.75, 3.05) is 0 Å². The molecule has 0 saturated carbocycles. The Bertz CT molecular complexity index is 928. The Morgan fingerprint density at radius 3 is 2.57 bits per heavy atom. The molecular formula is C17H18N2O3S. The van der Waals surface area contributed by atoms with Crippen LogP contribution in [0.1, 0.15) is 23.9 Å². The van der Waals surface area contributed by atoms with Crippen molar-refractivity contribution in [1.29, 1.82) is 0 Å². The molecule has 23 heavy (non-hydrogen) atoms. The number of aromatic nitrogens is 2. The zero-order valence-electron chi connectivity index (χ0n) is 13.1. The molecular weight excluding hydrogens is 312 g/mol. The van der Waals surface area contributed by atoms with E-state index >= 15 is 0 Å². The number of nitrogens with zero attached hydrogens (tertiary/aromatic N) is 2. The first-order valence-corrected chi connectivity index (χ1v) is 8.83. The van der Waals surface area contributed by atoms with Crippen LogP contribution < -0.4 is 0 Å². The Labute approximate surface area is 135 Å². The molecule has 0 fully saturated rings. The summed E-state index contributed by atoms with van der Waals surface area (Å²) in [6.45, 7) is 3.82. The van der Waals surface area contributed by atoms with Crippen LogP contribution >= 0.6 is 0 Å². The second kappa shape index (κ2) is 6.14. The maximum atomic E-state index is 12.3. The van der Waals surface area contributed by atoms with E-state index in [1.165, 1.54) is 0 Å². The van der Waals surface area contributed by atoms with Crippen molar-refractivity contribution in [3.05, 3.63) is 65.6 Å². The van der Waals surface area contributed by atoms with E-state index in [0.29, 0.717) is 0 Å². The molecule has 0 N–H and O–H groups in total. The van der Waals surface area contributed by atoms with Gasteiger partial charge in [-0.05, 0) is 43.2 Å². The Balaban J connectivity index is 1.84. The van der Waals surface area contributed by atoms with Crippen molar-refractivity contribution in [1.82, 2.24) is 9.38 Å². The Hall–Kier alpha value is -2.18. The van der Waals surface area contributed by atoms with Gasteiger partial charge in [0.2, 0.25) is 0 Å². The van der Waals surface area contributed by atoms with Crippen LogP contribution in [0.5, 0.6) is 0 Å². The summed E-state index contributed by atoms with van der Waals surface area (Å²) in [4.78, 5) is 4.57. The highest BCUT2D eigenvalue weighted by Gasteiger charge is 2.17. The predicted molar refractivity (Wildman–Crippen MR) is 87.7 cm³/mol. The normalized spacial score (nSPS) is 11.9. The summed E-state index contributed by atoms with van der Waals surface area (Å²) >= 11 is 0. The summed E-state index contributed by atoms with van der Waals surface area (Å²) in [6, 6.07) is 12.4. The summed E-state index contributed by atoms with van der Waals surface area (Å²) in [6.07, 6.45) is 2.71. The van der Waals surface area contributed by atoms with Crippen LogP contribution in [0.25, 0.3) is 5.65 Å². The second-order valence-corrected chi connectivity index (χ2v) is 6.90. The second-order valence-electron chi connectivity index (χ2n) is 5.29. The van der Waals surface area contributed by atoms with Gasteiger partial charge in [-0.3, -0.25) is 4.18 Å². The first-order valence-electron chi connectivity index (χ1n) is 7.42. The minimum absolute atomic E-state index is 0.0468. The number of hydrogen-bond donors (Lipinski definition) is 0. The molecule has 3 aromatic rings. The average molecular weight is 330 g/mol. The molecule has 3 rings (SSSR count). The topological polar surface area (TPSA) is 60.7 Å². The Morgan fingerprint density at radius 2 is 1.87 bits per heavy atom. The smallest absolute Gasteiger partial charge is 0.297 e. The van der Waals surface area contributed by atoms with E-state index in [2.05, 4.69) is 4.98 Å². The van der Waals surface area contributed by atoms with Gasteiger partial charge in [0.25, 0.3) is 10.1 Å². The van der Waals surface area contributed by atoms with E-state index in [1.807, 2.05) is 42.6 Å². The summed E-state index contributed by atoms with van der Waals surface area (Å²) in [7, 11) is -3.79. The van der Waals surface area contributed by atoms with Gasteiger partial charge in [-0.25, -0.2) is 4.98 Å². The highest BCUT2D eigenvalue weighted by Crippen LogP contribution is 2.18. The SMILES string of the molecule is CCc1ccc(S(=O)(=O)OCc2c(C)nc3ccccn23)cc1. The van der Waals surface area contributed by atoms with Crippen molar-refractivity contribution in [3.8, 4) is 0 Å². The van der Waals surface area contributed by atoms with Gasteiger partial charge in [0.1, 0.15) is 12.3 Å². The van der Waals surface area contributed by atoms with E-state index < -0.39 is 10.1 Å². The van der Waals surface area contributed by atoms with Gasteiger partial charge in [-0.15, -0.1) is 0 Å². The Morgan fingerprint density at radius 1 is 1.13 bits per heavy atom. The lowest BCUT2D eigenvalue weighted by Gasteiger charge is -2.07. The van der Waals surface area contributed by atoms with E-state index in [-0.39, 0.29) is 11.5 Å². The molecule has 0 amide bonds. The maximum absolute atomic E-state index is 12.3. The largest absolute Gasteiger partial charge is 0.301 e. The molecule has 2 aromatic heterocycles. The van der Waals surface area contributed by atoms with Gasteiger partial charge >= 0.3 is 0 Å². The minimum atomic E-state index is -3.79. The van der Waals surface area contributed by atoms with E-state index in [4.69, 9.17) is 4.18 Å². The molecule has 0 radical (unpaired) electrons. The zero-order valence-corrected chi connectivity index (χ0v) is 13.9. The van der Waals surface area contributed by atoms with Crippen LogP contribution in [-0.4, -0.2) is 17.8 Å². The van der Waals surface area contributed by atoms with Crippen LogP contribution in [0.15, 0.2) is 53.6 Å². The van der Waals surface area contributed by atoms with Crippen LogP contribution in [0.3, 0.4) is 0 Å². The minimum Gasteiger partial charge on any atom is -0.301 e. The van der Waals surface area contributed by atoms with Gasteiger partial charge < -0.3 is 4.40 Å². The van der Waals surface area contributed by atoms with Gasteiger partial charge in [-0.1, -0.05) is 25.1 Å². The fourth-order valence-electron chi connectivity index (χ4n) is 2.43. The molecule has 6 heteroatoms. The first kappa shape index (κ1) is 15.7. The van der Waals surface area contributed by atoms with Crippen LogP contribution in [0.2, 0.25) is 0 Å². The molecule has 0 aliphatic carbocycles. The van der Waals surface area contributed by atoms with Gasteiger partial charge in [0.15, 0.2) is 0 Å². The number of aryl methyl sites for hydroxylation is 2. The standard InChI is InChI=1S/C17H18N2O3S/c1-3-14-7-9-15(10-8-14)23(20,21)22-12-16-13(2)18-17-6-4-5-11-19(16)17/h4-11H,3,12H2,1-2H3. The van der Waals surface area contributed by atoms with Crippen LogP contribution in [0, 0.1) is 6.92 Å². The zero-order chi connectivity index (χ0) is 16.4. The molecule has 0 atom stereocenters. The monoisotopic (exact) mass is 330 g/mol. The van der Waals surface area contributed by atoms with Crippen LogP contribution in [0.4, 0.5) is 0 Å². The third kappa shape index (κ3) is 3.13. The third-order valence-corrected chi connectivity index (χ3v) is 5.08. The fraction of sp³-hybridized carbons (Fsp3) is 0.235. The molecule has 120 valence electrons. The highest BCUT2D eigenvalue weighted by molar-refractivity contribution is 7.86. The molecule has 0 spiro atoms. The summed E-state index contributed by atoms with van der Waals surface area (Å²) in [5, 5.41) is 0. The molecule has 2 heterocycles. The number of hydrogen-bond acceptors (Lipinski definition) is 4. The van der Waals surface area contributed by atoms with Crippen LogP contribution in [-0.2, 0) is 27.3 Å². The van der Waals surface area contributed by atoms with Crippen molar-refractivity contribution in [2.45, 2.75) is 31.8 Å². The summed E-state index contributed by atoms with van der Waals surface area (Å²) in [5.74, 6) is 0. The fourth-order valence-corrected chi connectivity index (χ4v) is 3.30. The molecule has 5 nitrogen and oxygen atoms in total. The predicted octanol–water partition coefficient (Wildman–Crippen LogP) is 3.11. The molecule has 0 aliphatic rings. The van der Waals surface area contributed by atoms with Crippen molar-refractivity contribution >= 4 is 15.8 Å². The maximum Gasteiger partial charge on any atom is 0.297 e. The molecule has 0 bridgehead atoms. The molecule has 0 saturated heterocycles. The number of imidazole rings is 1. The first-order chi connectivity index (χ1) is 11.0. The Kier molecular flexibility index (Phi) is 4.19. The average Bonchev–Trinajstić information content (AvgIpc) is 2.88. The van der Waals surface area contributed by atoms with Crippen molar-refractivity contribution in [3.63, 3.8) is 0 Å². The lowest BCUT2D eigenvalue weighted by molar-refractivity contribution is 0.302. The number of pyridine rings is 1. The number of rotatable bonds is 5. The number of benzene rings is 1. The highest BCUT2D eigenvalue weighted by atomic mass is 32.2. The van der Waals surface area contributed by atoms with E-state index in [9.17, 15) is 8.42 Å². The molecule has 1 aromatic carbocycles. The summed E-state index contributed by atoms with van der Waals surface area (Å²) < 4.78 is 31.7. The van der Waals surface area contributed by atoms with Crippen molar-refractivity contribution in [2.24, 2.45) is 0 Å². The van der Waals surface area contributed by atoms with Gasteiger partial charge in [-0.2, -0.15) is 8.42 Å². The summed E-state index contributed by atoms with van der Waals surface area (Å²) in [5.41, 5.74) is 3.34. The number of fused-ring (bicyclic) bond motifs is 1. The third-order valence-electron chi connectivity index (χ3n) is 3.80. The quantitative estimate of drug-likeness (QED) is 0.674.